The third-order valence-corrected chi connectivity index (χ3v) is 7.30. The lowest BCUT2D eigenvalue weighted by molar-refractivity contribution is -0.125. The van der Waals surface area contributed by atoms with E-state index in [0.29, 0.717) is 18.8 Å². The van der Waals surface area contributed by atoms with Gasteiger partial charge in [-0.3, -0.25) is 9.69 Å². The van der Waals surface area contributed by atoms with Crippen LogP contribution in [0.1, 0.15) is 25.3 Å². The predicted molar refractivity (Wildman–Crippen MR) is 120 cm³/mol. The number of anilines is 2. The maximum Gasteiger partial charge on any atom is 0.286 e. The van der Waals surface area contributed by atoms with Crippen molar-refractivity contribution in [3.05, 3.63) is 48.2 Å². The lowest BCUT2D eigenvalue weighted by Gasteiger charge is -2.35. The third-order valence-electron chi connectivity index (χ3n) is 5.64. The van der Waals surface area contributed by atoms with Crippen molar-refractivity contribution in [2.75, 3.05) is 37.7 Å². The van der Waals surface area contributed by atoms with Gasteiger partial charge in [0.25, 0.3) is 5.91 Å². The standard InChI is InChI=1S/C22H27N5O3S/c1-3-4-12-25-13-15-26(16-14-25)22(28)21-24-27(18-9-7-17(2)8-10-18)20-19(31(21,29)30)6-5-11-23-20/h5-11H,3-4,12-16H2,1-2H3. The van der Waals surface area contributed by atoms with E-state index >= 15 is 0 Å². The van der Waals surface area contributed by atoms with E-state index in [2.05, 4.69) is 21.9 Å². The number of benzene rings is 1. The molecule has 1 saturated heterocycles. The van der Waals surface area contributed by atoms with Gasteiger partial charge in [0.1, 0.15) is 4.90 Å². The number of hydrogen-bond acceptors (Lipinski definition) is 7. The van der Waals surface area contributed by atoms with E-state index in [0.717, 1.165) is 38.0 Å². The van der Waals surface area contributed by atoms with Crippen LogP contribution in [0.3, 0.4) is 0 Å². The van der Waals surface area contributed by atoms with Crippen LogP contribution in [-0.4, -0.2) is 66.9 Å². The van der Waals surface area contributed by atoms with Crippen LogP contribution in [0.2, 0.25) is 0 Å². The van der Waals surface area contributed by atoms with Crippen LogP contribution in [0, 0.1) is 6.92 Å². The molecule has 0 N–H and O–H groups in total. The number of rotatable bonds is 5. The van der Waals surface area contributed by atoms with E-state index < -0.39 is 20.8 Å². The van der Waals surface area contributed by atoms with Gasteiger partial charge >= 0.3 is 0 Å². The highest BCUT2D eigenvalue weighted by molar-refractivity contribution is 8.08. The molecule has 164 valence electrons. The topological polar surface area (TPSA) is 86.2 Å². The Morgan fingerprint density at radius 2 is 1.77 bits per heavy atom. The van der Waals surface area contributed by atoms with Crippen molar-refractivity contribution in [3.8, 4) is 0 Å². The number of pyridine rings is 1. The number of carbonyl (C=O) groups excluding carboxylic acids is 1. The number of hydrogen-bond donors (Lipinski definition) is 0. The zero-order valence-corrected chi connectivity index (χ0v) is 18.7. The van der Waals surface area contributed by atoms with Crippen molar-refractivity contribution < 1.29 is 13.2 Å². The maximum absolute atomic E-state index is 13.3. The Hall–Kier alpha value is -2.78. The van der Waals surface area contributed by atoms with Crippen LogP contribution < -0.4 is 5.01 Å². The number of nitrogens with zero attached hydrogens (tertiary/aromatic N) is 5. The summed E-state index contributed by atoms with van der Waals surface area (Å²) in [4.78, 5) is 21.4. The lowest BCUT2D eigenvalue weighted by Crippen LogP contribution is -2.52. The van der Waals surface area contributed by atoms with E-state index in [1.54, 1.807) is 11.0 Å². The quantitative estimate of drug-likeness (QED) is 0.709. The summed E-state index contributed by atoms with van der Waals surface area (Å²) < 4.78 is 26.5. The van der Waals surface area contributed by atoms with Crippen molar-refractivity contribution in [1.29, 1.82) is 0 Å². The summed E-state index contributed by atoms with van der Waals surface area (Å²) >= 11 is 0. The SMILES string of the molecule is CCCCN1CCN(C(=O)C2=NN(c3ccc(C)cc3)c3ncccc3S2(=O)=O)CC1. The average Bonchev–Trinajstić information content (AvgIpc) is 2.79. The molecule has 1 aromatic heterocycles. The highest BCUT2D eigenvalue weighted by Gasteiger charge is 2.41. The predicted octanol–water partition coefficient (Wildman–Crippen LogP) is 2.57. The van der Waals surface area contributed by atoms with Gasteiger partial charge in [-0.2, -0.15) is 0 Å². The monoisotopic (exact) mass is 441 g/mol. The lowest BCUT2D eigenvalue weighted by atomic mass is 10.2. The fourth-order valence-electron chi connectivity index (χ4n) is 3.76. The van der Waals surface area contributed by atoms with Gasteiger partial charge in [0.15, 0.2) is 5.82 Å². The molecule has 2 aromatic rings. The number of unbranched alkanes of at least 4 members (excludes halogenated alkanes) is 1. The van der Waals surface area contributed by atoms with Gasteiger partial charge in [-0.25, -0.2) is 18.4 Å². The van der Waals surface area contributed by atoms with Gasteiger partial charge in [0, 0.05) is 32.4 Å². The van der Waals surface area contributed by atoms with E-state index in [9.17, 15) is 13.2 Å². The fraction of sp³-hybridized carbons (Fsp3) is 0.409. The number of fused-ring (bicyclic) bond motifs is 1. The van der Waals surface area contributed by atoms with E-state index in [4.69, 9.17) is 0 Å². The second-order valence-corrected chi connectivity index (χ2v) is 9.70. The molecular formula is C22H27N5O3S. The Balaban J connectivity index is 1.66. The summed E-state index contributed by atoms with van der Waals surface area (Å²) in [6.07, 6.45) is 3.76. The van der Waals surface area contributed by atoms with Gasteiger partial charge in [0.05, 0.1) is 5.69 Å². The smallest absolute Gasteiger partial charge is 0.286 e. The normalized spacial score (nSPS) is 18.5. The summed E-state index contributed by atoms with van der Waals surface area (Å²) in [5.41, 5.74) is 1.71. The molecule has 3 heterocycles. The molecule has 0 saturated carbocycles. The molecule has 31 heavy (non-hydrogen) atoms. The third kappa shape index (κ3) is 4.20. The zero-order valence-electron chi connectivity index (χ0n) is 17.9. The Morgan fingerprint density at radius 1 is 1.06 bits per heavy atom. The number of amides is 1. The summed E-state index contributed by atoms with van der Waals surface area (Å²) in [5.74, 6) is -0.353. The molecule has 1 aromatic carbocycles. The molecule has 0 aliphatic carbocycles. The Labute approximate surface area is 183 Å². The van der Waals surface area contributed by atoms with Crippen molar-refractivity contribution in [3.63, 3.8) is 0 Å². The summed E-state index contributed by atoms with van der Waals surface area (Å²) in [7, 11) is -4.07. The molecule has 1 fully saturated rings. The van der Waals surface area contributed by atoms with Crippen LogP contribution in [0.5, 0.6) is 0 Å². The zero-order chi connectivity index (χ0) is 22.0. The van der Waals surface area contributed by atoms with Gasteiger partial charge in [-0.1, -0.05) is 31.0 Å². The van der Waals surface area contributed by atoms with Crippen LogP contribution in [-0.2, 0) is 14.6 Å². The van der Waals surface area contributed by atoms with Gasteiger partial charge < -0.3 is 4.90 Å². The number of piperazine rings is 1. The van der Waals surface area contributed by atoms with Crippen molar-refractivity contribution in [2.45, 2.75) is 31.6 Å². The number of carbonyl (C=O) groups is 1. The second kappa shape index (κ2) is 8.76. The molecule has 0 spiro atoms. The molecule has 9 heteroatoms. The molecule has 0 atom stereocenters. The molecule has 2 aliphatic heterocycles. The molecule has 0 bridgehead atoms. The van der Waals surface area contributed by atoms with Gasteiger partial charge in [0.2, 0.25) is 14.9 Å². The first-order chi connectivity index (χ1) is 14.9. The first kappa shape index (κ1) is 21.5. The van der Waals surface area contributed by atoms with Gasteiger partial charge in [-0.05, 0) is 44.2 Å². The van der Waals surface area contributed by atoms with Crippen molar-refractivity contribution in [2.24, 2.45) is 5.10 Å². The van der Waals surface area contributed by atoms with Gasteiger partial charge in [-0.15, -0.1) is 5.10 Å². The van der Waals surface area contributed by atoms with Crippen LogP contribution in [0.25, 0.3) is 0 Å². The number of aromatic nitrogens is 1. The van der Waals surface area contributed by atoms with Crippen molar-refractivity contribution in [1.82, 2.24) is 14.8 Å². The molecule has 4 rings (SSSR count). The summed E-state index contributed by atoms with van der Waals surface area (Å²) in [6.45, 7) is 7.56. The summed E-state index contributed by atoms with van der Waals surface area (Å²) in [6, 6.07) is 10.5. The average molecular weight is 442 g/mol. The number of hydrazone groups is 1. The van der Waals surface area contributed by atoms with Crippen molar-refractivity contribution >= 4 is 32.3 Å². The first-order valence-electron chi connectivity index (χ1n) is 10.6. The minimum absolute atomic E-state index is 0.00416. The molecule has 2 aliphatic rings. The Kier molecular flexibility index (Phi) is 6.06. The minimum Gasteiger partial charge on any atom is -0.334 e. The molecular weight excluding hydrogens is 414 g/mol. The molecule has 1 amide bonds. The molecule has 0 unspecified atom stereocenters. The van der Waals surface area contributed by atoms with Crippen LogP contribution >= 0.6 is 0 Å². The highest BCUT2D eigenvalue weighted by atomic mass is 32.2. The second-order valence-electron chi connectivity index (χ2n) is 7.87. The number of sulfone groups is 1. The summed E-state index contributed by atoms with van der Waals surface area (Å²) in [5, 5.41) is 5.31. The minimum atomic E-state index is -4.07. The molecule has 8 nitrogen and oxygen atoms in total. The highest BCUT2D eigenvalue weighted by Crippen LogP contribution is 2.35. The Bertz CT molecular complexity index is 1090. The van der Waals surface area contributed by atoms with E-state index in [1.807, 2.05) is 31.2 Å². The largest absolute Gasteiger partial charge is 0.334 e. The van der Waals surface area contributed by atoms with Crippen LogP contribution in [0.4, 0.5) is 11.5 Å². The Morgan fingerprint density at radius 3 is 2.45 bits per heavy atom. The molecule has 0 radical (unpaired) electrons. The van der Waals surface area contributed by atoms with Crippen LogP contribution in [0.15, 0.2) is 52.6 Å². The first-order valence-corrected chi connectivity index (χ1v) is 12.1. The maximum atomic E-state index is 13.3. The van der Waals surface area contributed by atoms with E-state index in [1.165, 1.54) is 17.3 Å². The van der Waals surface area contributed by atoms with E-state index in [-0.39, 0.29) is 10.7 Å². The fourth-order valence-corrected chi connectivity index (χ4v) is 5.16. The number of aryl methyl sites for hydroxylation is 1.